The highest BCUT2D eigenvalue weighted by atomic mass is 127. The smallest absolute Gasteiger partial charge is 0.363 e. The zero-order chi connectivity index (χ0) is 22.0. The van der Waals surface area contributed by atoms with Gasteiger partial charge in [0.15, 0.2) is 5.70 Å². The van der Waals surface area contributed by atoms with Crippen molar-refractivity contribution in [3.8, 4) is 5.75 Å². The number of carbonyl (C=O) groups is 1. The molecule has 156 valence electrons. The Bertz CT molecular complexity index is 1210. The van der Waals surface area contributed by atoms with Crippen molar-refractivity contribution < 1.29 is 14.3 Å². The number of hydrogen-bond donors (Lipinski definition) is 0. The number of carbonyl (C=O) groups excluding carboxylic acids is 1. The predicted octanol–water partition coefficient (Wildman–Crippen LogP) is 6.89. The molecule has 0 saturated carbocycles. The number of hydrogen-bond acceptors (Lipinski definition) is 4. The number of aryl methyl sites for hydroxylation is 1. The Labute approximate surface area is 216 Å². The molecule has 0 radical (unpaired) electrons. The number of halogens is 3. The van der Waals surface area contributed by atoms with E-state index in [9.17, 15) is 4.79 Å². The second-order valence-corrected chi connectivity index (χ2v) is 10.2. The van der Waals surface area contributed by atoms with Crippen molar-refractivity contribution >= 4 is 79.1 Å². The number of ether oxygens (including phenoxy) is 2. The van der Waals surface area contributed by atoms with Crippen LogP contribution in [0.3, 0.4) is 0 Å². The van der Waals surface area contributed by atoms with E-state index in [1.165, 1.54) is 5.56 Å². The first-order valence-corrected chi connectivity index (χ1v) is 12.3. The summed E-state index contributed by atoms with van der Waals surface area (Å²) in [6, 6.07) is 19.7. The minimum absolute atomic E-state index is 0.273. The highest BCUT2D eigenvalue weighted by Crippen LogP contribution is 2.31. The maximum absolute atomic E-state index is 12.3. The SMILES string of the molecule is Cc1cccc(COc2c(I)cc(/C=C3\N=C(c4cccc(Br)c4)OC3=O)cc2I)c1. The van der Waals surface area contributed by atoms with Gasteiger partial charge in [0.25, 0.3) is 0 Å². The van der Waals surface area contributed by atoms with Gasteiger partial charge < -0.3 is 9.47 Å². The van der Waals surface area contributed by atoms with Gasteiger partial charge in [-0.3, -0.25) is 0 Å². The van der Waals surface area contributed by atoms with E-state index in [0.29, 0.717) is 12.5 Å². The average molecular weight is 700 g/mol. The lowest BCUT2D eigenvalue weighted by Gasteiger charge is -2.12. The van der Waals surface area contributed by atoms with Crippen molar-refractivity contribution in [1.29, 1.82) is 0 Å². The van der Waals surface area contributed by atoms with E-state index >= 15 is 0 Å². The third-order valence-corrected chi connectivity index (χ3v) is 6.58. The van der Waals surface area contributed by atoms with Crippen LogP contribution in [0.1, 0.15) is 22.3 Å². The van der Waals surface area contributed by atoms with E-state index in [4.69, 9.17) is 9.47 Å². The first-order chi connectivity index (χ1) is 14.9. The summed E-state index contributed by atoms with van der Waals surface area (Å²) in [6.45, 7) is 2.57. The summed E-state index contributed by atoms with van der Waals surface area (Å²) < 4.78 is 14.3. The Morgan fingerprint density at radius 3 is 2.52 bits per heavy atom. The standard InChI is InChI=1S/C24H16BrI2NO3/c1-14-4-2-5-15(8-14)13-30-22-19(26)9-16(10-20(22)27)11-21-24(29)31-23(28-21)17-6-3-7-18(25)12-17/h2-12H,13H2,1H3/b21-11-. The van der Waals surface area contributed by atoms with Gasteiger partial charge in [-0.05, 0) is 99.6 Å². The van der Waals surface area contributed by atoms with Gasteiger partial charge in [-0.2, -0.15) is 0 Å². The van der Waals surface area contributed by atoms with E-state index < -0.39 is 5.97 Å². The van der Waals surface area contributed by atoms with Crippen LogP contribution < -0.4 is 4.74 Å². The van der Waals surface area contributed by atoms with Crippen molar-refractivity contribution in [3.05, 3.63) is 100 Å². The maximum Gasteiger partial charge on any atom is 0.363 e. The monoisotopic (exact) mass is 699 g/mol. The van der Waals surface area contributed by atoms with Crippen molar-refractivity contribution in [1.82, 2.24) is 0 Å². The normalized spacial score (nSPS) is 14.5. The van der Waals surface area contributed by atoms with Crippen molar-refractivity contribution in [2.45, 2.75) is 13.5 Å². The Hall–Kier alpha value is -1.72. The molecular weight excluding hydrogens is 684 g/mol. The Balaban J connectivity index is 1.56. The summed E-state index contributed by atoms with van der Waals surface area (Å²) in [5.74, 6) is 0.678. The number of esters is 1. The lowest BCUT2D eigenvalue weighted by atomic mass is 10.1. The Kier molecular flexibility index (Phi) is 7.12. The van der Waals surface area contributed by atoms with Crippen LogP contribution in [0.5, 0.6) is 5.75 Å². The maximum atomic E-state index is 12.3. The molecule has 0 unspecified atom stereocenters. The third-order valence-electron chi connectivity index (χ3n) is 4.48. The molecule has 0 aromatic heterocycles. The van der Waals surface area contributed by atoms with Crippen LogP contribution in [-0.2, 0) is 16.1 Å². The van der Waals surface area contributed by atoms with Gasteiger partial charge in [-0.15, -0.1) is 0 Å². The van der Waals surface area contributed by atoms with Crippen LogP contribution in [0, 0.1) is 14.1 Å². The summed E-state index contributed by atoms with van der Waals surface area (Å²) in [5, 5.41) is 0. The van der Waals surface area contributed by atoms with E-state index in [1.54, 1.807) is 6.08 Å². The van der Waals surface area contributed by atoms with Gasteiger partial charge in [0.2, 0.25) is 5.90 Å². The summed E-state index contributed by atoms with van der Waals surface area (Å²) in [6.07, 6.45) is 1.74. The molecule has 4 nitrogen and oxygen atoms in total. The molecule has 1 aliphatic heterocycles. The summed E-state index contributed by atoms with van der Waals surface area (Å²) >= 11 is 7.93. The van der Waals surface area contributed by atoms with E-state index in [2.05, 4.69) is 91.2 Å². The van der Waals surface area contributed by atoms with Gasteiger partial charge in [-0.25, -0.2) is 9.79 Å². The second kappa shape index (κ2) is 9.83. The highest BCUT2D eigenvalue weighted by molar-refractivity contribution is 14.1. The van der Waals surface area contributed by atoms with Gasteiger partial charge in [0.1, 0.15) is 12.4 Å². The minimum Gasteiger partial charge on any atom is -0.487 e. The predicted molar refractivity (Wildman–Crippen MR) is 142 cm³/mol. The molecule has 1 heterocycles. The molecule has 0 bridgehead atoms. The number of benzene rings is 3. The average Bonchev–Trinajstić information content (AvgIpc) is 3.08. The molecule has 31 heavy (non-hydrogen) atoms. The zero-order valence-electron chi connectivity index (χ0n) is 16.4. The topological polar surface area (TPSA) is 47.9 Å². The first kappa shape index (κ1) is 22.5. The van der Waals surface area contributed by atoms with E-state index in [1.807, 2.05) is 42.5 Å². The number of nitrogens with zero attached hydrogens (tertiary/aromatic N) is 1. The molecule has 0 fully saturated rings. The van der Waals surface area contributed by atoms with Gasteiger partial charge in [0.05, 0.1) is 7.14 Å². The van der Waals surface area contributed by atoms with Gasteiger partial charge in [-0.1, -0.05) is 51.8 Å². The van der Waals surface area contributed by atoms with Crippen LogP contribution in [0.4, 0.5) is 0 Å². The molecule has 0 amide bonds. The van der Waals surface area contributed by atoms with Crippen LogP contribution in [0.15, 0.2) is 75.8 Å². The molecule has 0 aliphatic carbocycles. The van der Waals surface area contributed by atoms with Crippen molar-refractivity contribution in [2.24, 2.45) is 4.99 Å². The fourth-order valence-corrected chi connectivity index (χ4v) is 5.60. The molecule has 3 aromatic carbocycles. The quantitative estimate of drug-likeness (QED) is 0.166. The highest BCUT2D eigenvalue weighted by Gasteiger charge is 2.24. The van der Waals surface area contributed by atoms with Gasteiger partial charge in [0, 0.05) is 10.0 Å². The first-order valence-electron chi connectivity index (χ1n) is 9.35. The summed E-state index contributed by atoms with van der Waals surface area (Å²) in [4.78, 5) is 16.7. The van der Waals surface area contributed by atoms with Crippen LogP contribution in [0.25, 0.3) is 6.08 Å². The molecule has 3 aromatic rings. The summed E-state index contributed by atoms with van der Waals surface area (Å²) in [7, 11) is 0. The molecule has 4 rings (SSSR count). The molecule has 0 atom stereocenters. The van der Waals surface area contributed by atoms with Crippen LogP contribution in [-0.4, -0.2) is 11.9 Å². The zero-order valence-corrected chi connectivity index (χ0v) is 22.3. The fourth-order valence-electron chi connectivity index (χ4n) is 3.07. The molecular formula is C24H16BrI2NO3. The molecule has 7 heteroatoms. The second-order valence-electron chi connectivity index (χ2n) is 6.94. The number of aliphatic imine (C=N–C) groups is 1. The minimum atomic E-state index is -0.459. The van der Waals surface area contributed by atoms with Gasteiger partial charge >= 0.3 is 5.97 Å². The number of cyclic esters (lactones) is 1. The molecule has 0 saturated heterocycles. The van der Waals surface area contributed by atoms with Crippen LogP contribution in [0.2, 0.25) is 0 Å². The largest absolute Gasteiger partial charge is 0.487 e. The third kappa shape index (κ3) is 5.56. The van der Waals surface area contributed by atoms with Crippen LogP contribution >= 0.6 is 61.1 Å². The lowest BCUT2D eigenvalue weighted by Crippen LogP contribution is -2.05. The Morgan fingerprint density at radius 2 is 1.81 bits per heavy atom. The van der Waals surface area contributed by atoms with E-state index in [0.717, 1.165) is 34.1 Å². The Morgan fingerprint density at radius 1 is 1.06 bits per heavy atom. The van der Waals surface area contributed by atoms with Crippen molar-refractivity contribution in [3.63, 3.8) is 0 Å². The van der Waals surface area contributed by atoms with Crippen molar-refractivity contribution in [2.75, 3.05) is 0 Å². The fraction of sp³-hybridized carbons (Fsp3) is 0.0833. The molecule has 0 spiro atoms. The molecule has 0 N–H and O–H groups in total. The number of rotatable bonds is 5. The molecule has 1 aliphatic rings. The summed E-state index contributed by atoms with van der Waals surface area (Å²) in [5.41, 5.74) is 4.22. The van der Waals surface area contributed by atoms with E-state index in [-0.39, 0.29) is 5.70 Å². The lowest BCUT2D eigenvalue weighted by molar-refractivity contribution is -0.129.